The minimum atomic E-state index is -3.56. The second-order valence-corrected chi connectivity index (χ2v) is 10.7. The molecule has 2 aromatic rings. The Labute approximate surface area is 185 Å². The molecule has 31 heavy (non-hydrogen) atoms. The lowest BCUT2D eigenvalue weighted by Gasteiger charge is -2.41. The van der Waals surface area contributed by atoms with Gasteiger partial charge in [0, 0.05) is 57.2 Å². The van der Waals surface area contributed by atoms with Crippen LogP contribution in [0, 0.1) is 13.8 Å². The molecule has 1 unspecified atom stereocenters. The fourth-order valence-electron chi connectivity index (χ4n) is 4.70. The highest BCUT2D eigenvalue weighted by Gasteiger charge is 2.34. The minimum absolute atomic E-state index is 0.107. The number of piperazine rings is 1. The maximum absolute atomic E-state index is 13.4. The molecule has 8 heteroatoms. The normalized spacial score (nSPS) is 20.5. The van der Waals surface area contributed by atoms with Gasteiger partial charge in [-0.15, -0.1) is 0 Å². The summed E-state index contributed by atoms with van der Waals surface area (Å²) in [5, 5.41) is 0. The zero-order valence-electron chi connectivity index (χ0n) is 18.8. The highest BCUT2D eigenvalue weighted by molar-refractivity contribution is 7.89. The van der Waals surface area contributed by atoms with Gasteiger partial charge in [-0.25, -0.2) is 8.42 Å². The number of aryl methyl sites for hydroxylation is 1. The number of hydrogen-bond acceptors (Lipinski definition) is 4. The van der Waals surface area contributed by atoms with Gasteiger partial charge in [-0.3, -0.25) is 4.79 Å². The Kier molecular flexibility index (Phi) is 5.87. The van der Waals surface area contributed by atoms with Gasteiger partial charge >= 0.3 is 0 Å². The molecule has 1 amide bonds. The molecular formula is C23H32N4O3S. The van der Waals surface area contributed by atoms with Gasteiger partial charge in [0.2, 0.25) is 10.0 Å². The van der Waals surface area contributed by atoms with Crippen molar-refractivity contribution in [1.82, 2.24) is 13.8 Å². The first kappa shape index (κ1) is 21.9. The quantitative estimate of drug-likeness (QED) is 0.727. The summed E-state index contributed by atoms with van der Waals surface area (Å²) in [6.07, 6.45) is 1.78. The Morgan fingerprint density at radius 2 is 1.74 bits per heavy atom. The molecule has 2 fully saturated rings. The van der Waals surface area contributed by atoms with Crippen LogP contribution in [0.15, 0.2) is 35.2 Å². The highest BCUT2D eigenvalue weighted by Crippen LogP contribution is 2.28. The highest BCUT2D eigenvalue weighted by atomic mass is 32.2. The molecule has 0 aliphatic carbocycles. The Hall–Kier alpha value is -2.32. The van der Waals surface area contributed by atoms with E-state index in [4.69, 9.17) is 0 Å². The average molecular weight is 445 g/mol. The van der Waals surface area contributed by atoms with E-state index in [9.17, 15) is 13.2 Å². The molecule has 2 saturated heterocycles. The smallest absolute Gasteiger partial charge is 0.270 e. The van der Waals surface area contributed by atoms with Crippen molar-refractivity contribution in [1.29, 1.82) is 0 Å². The molecule has 2 aliphatic heterocycles. The lowest BCUT2D eigenvalue weighted by molar-refractivity contribution is 0.0716. The lowest BCUT2D eigenvalue weighted by Crippen LogP contribution is -2.54. The molecule has 1 aromatic heterocycles. The Morgan fingerprint density at radius 3 is 2.39 bits per heavy atom. The van der Waals surface area contributed by atoms with E-state index in [-0.39, 0.29) is 16.8 Å². The van der Waals surface area contributed by atoms with Crippen molar-refractivity contribution in [3.63, 3.8) is 0 Å². The fourth-order valence-corrected chi connectivity index (χ4v) is 6.49. The zero-order valence-corrected chi connectivity index (χ0v) is 19.7. The van der Waals surface area contributed by atoms with E-state index in [0.29, 0.717) is 37.6 Å². The summed E-state index contributed by atoms with van der Waals surface area (Å²) >= 11 is 0. The molecule has 7 nitrogen and oxygen atoms in total. The Balaban J connectivity index is 1.54. The van der Waals surface area contributed by atoms with Crippen LogP contribution in [0.2, 0.25) is 0 Å². The SMILES string of the molecule is Cc1cccc(N2CCN(C(=O)c3cc(S(=O)(=O)N4CCCC4)c(C)n3C)CC2C)c1. The maximum atomic E-state index is 13.4. The number of amides is 1. The first-order valence-corrected chi connectivity index (χ1v) is 12.4. The van der Waals surface area contributed by atoms with E-state index in [2.05, 4.69) is 43.0 Å². The summed E-state index contributed by atoms with van der Waals surface area (Å²) < 4.78 is 29.4. The fraction of sp³-hybridized carbons (Fsp3) is 0.522. The van der Waals surface area contributed by atoms with Crippen molar-refractivity contribution < 1.29 is 13.2 Å². The van der Waals surface area contributed by atoms with Crippen molar-refractivity contribution >= 4 is 21.6 Å². The number of rotatable bonds is 4. The van der Waals surface area contributed by atoms with E-state index in [1.807, 2.05) is 4.90 Å². The van der Waals surface area contributed by atoms with Gasteiger partial charge in [0.1, 0.15) is 10.6 Å². The number of carbonyl (C=O) groups excluding carboxylic acids is 1. The molecule has 0 spiro atoms. The maximum Gasteiger partial charge on any atom is 0.270 e. The summed E-state index contributed by atoms with van der Waals surface area (Å²) in [4.78, 5) is 17.8. The molecule has 0 saturated carbocycles. The van der Waals surface area contributed by atoms with Crippen molar-refractivity contribution in [2.24, 2.45) is 7.05 Å². The van der Waals surface area contributed by atoms with E-state index in [1.165, 1.54) is 15.6 Å². The molecule has 168 valence electrons. The lowest BCUT2D eigenvalue weighted by atomic mass is 10.1. The molecule has 4 rings (SSSR count). The summed E-state index contributed by atoms with van der Waals surface area (Å²) in [6.45, 7) is 9.05. The van der Waals surface area contributed by atoms with Crippen molar-refractivity contribution in [3.8, 4) is 0 Å². The van der Waals surface area contributed by atoms with Gasteiger partial charge in [-0.2, -0.15) is 4.31 Å². The zero-order chi connectivity index (χ0) is 22.3. The summed E-state index contributed by atoms with van der Waals surface area (Å²) in [5.41, 5.74) is 3.44. The summed E-state index contributed by atoms with van der Waals surface area (Å²) in [5.74, 6) is -0.107. The van der Waals surface area contributed by atoms with Crippen LogP contribution in [0.3, 0.4) is 0 Å². The number of benzene rings is 1. The van der Waals surface area contributed by atoms with Gasteiger partial charge < -0.3 is 14.4 Å². The third-order valence-corrected chi connectivity index (χ3v) is 8.65. The summed E-state index contributed by atoms with van der Waals surface area (Å²) in [6, 6.07) is 10.2. The monoisotopic (exact) mass is 444 g/mol. The third-order valence-electron chi connectivity index (χ3n) is 6.64. The molecule has 0 N–H and O–H groups in total. The number of anilines is 1. The predicted octanol–water partition coefficient (Wildman–Crippen LogP) is 2.78. The van der Waals surface area contributed by atoms with Gasteiger partial charge in [0.15, 0.2) is 0 Å². The minimum Gasteiger partial charge on any atom is -0.365 e. The van der Waals surface area contributed by atoms with Gasteiger partial charge in [-0.05, 0) is 57.4 Å². The first-order chi connectivity index (χ1) is 14.7. The first-order valence-electron chi connectivity index (χ1n) is 11.0. The van der Waals surface area contributed by atoms with Crippen molar-refractivity contribution in [2.75, 3.05) is 37.6 Å². The van der Waals surface area contributed by atoms with Crippen molar-refractivity contribution in [2.45, 2.75) is 44.6 Å². The van der Waals surface area contributed by atoms with Crippen molar-refractivity contribution in [3.05, 3.63) is 47.3 Å². The average Bonchev–Trinajstić information content (AvgIpc) is 3.38. The Morgan fingerprint density at radius 1 is 1.03 bits per heavy atom. The van der Waals surface area contributed by atoms with Crippen LogP contribution in [-0.2, 0) is 17.1 Å². The van der Waals surface area contributed by atoms with E-state index >= 15 is 0 Å². The number of nitrogens with zero attached hydrogens (tertiary/aromatic N) is 4. The van der Waals surface area contributed by atoms with E-state index in [1.54, 1.807) is 24.6 Å². The Bertz CT molecular complexity index is 1090. The predicted molar refractivity (Wildman–Crippen MR) is 122 cm³/mol. The molecule has 2 aliphatic rings. The molecule has 1 atom stereocenters. The second-order valence-electron chi connectivity index (χ2n) is 8.78. The standard InChI is InChI=1S/C23H32N4O3S/c1-17-8-7-9-20(14-17)27-13-12-25(16-18(27)2)23(28)21-15-22(19(3)24(21)4)31(29,30)26-10-5-6-11-26/h7-9,14-15,18H,5-6,10-13,16H2,1-4H3. The van der Waals surface area contributed by atoms with Crippen LogP contribution in [0.1, 0.15) is 41.5 Å². The molecule has 0 radical (unpaired) electrons. The molecule has 3 heterocycles. The third kappa shape index (κ3) is 3.99. The molecule has 1 aromatic carbocycles. The summed E-state index contributed by atoms with van der Waals surface area (Å²) in [7, 11) is -1.79. The van der Waals surface area contributed by atoms with Gasteiger partial charge in [-0.1, -0.05) is 12.1 Å². The van der Waals surface area contributed by atoms with Crippen LogP contribution in [-0.4, -0.2) is 66.9 Å². The van der Waals surface area contributed by atoms with Crippen LogP contribution in [0.25, 0.3) is 0 Å². The van der Waals surface area contributed by atoms with Gasteiger partial charge in [0.25, 0.3) is 5.91 Å². The molecular weight excluding hydrogens is 412 g/mol. The van der Waals surface area contributed by atoms with E-state index < -0.39 is 10.0 Å². The molecule has 0 bridgehead atoms. The number of sulfonamides is 1. The second kappa shape index (κ2) is 8.31. The number of carbonyl (C=O) groups is 1. The largest absolute Gasteiger partial charge is 0.365 e. The number of aromatic nitrogens is 1. The van der Waals surface area contributed by atoms with Crippen LogP contribution >= 0.6 is 0 Å². The van der Waals surface area contributed by atoms with E-state index in [0.717, 1.165) is 19.4 Å². The topological polar surface area (TPSA) is 65.9 Å². The van der Waals surface area contributed by atoms with Crippen LogP contribution < -0.4 is 4.90 Å². The van der Waals surface area contributed by atoms with Gasteiger partial charge in [0.05, 0.1) is 0 Å². The van der Waals surface area contributed by atoms with Crippen LogP contribution in [0.5, 0.6) is 0 Å². The number of hydrogen-bond donors (Lipinski definition) is 0. The van der Waals surface area contributed by atoms with Crippen LogP contribution in [0.4, 0.5) is 5.69 Å².